The summed E-state index contributed by atoms with van der Waals surface area (Å²) >= 11 is 6.10. The van der Waals surface area contributed by atoms with Crippen LogP contribution >= 0.6 is 11.6 Å². The summed E-state index contributed by atoms with van der Waals surface area (Å²) in [5, 5.41) is 18.9. The molecule has 0 spiro atoms. The van der Waals surface area contributed by atoms with E-state index in [4.69, 9.17) is 16.7 Å². The van der Waals surface area contributed by atoms with Crippen LogP contribution in [0.1, 0.15) is 40.5 Å². The van der Waals surface area contributed by atoms with E-state index >= 15 is 4.39 Å². The molecular weight excluding hydrogens is 453 g/mol. The summed E-state index contributed by atoms with van der Waals surface area (Å²) in [7, 11) is 0. The Morgan fingerprint density at radius 1 is 1.24 bits per heavy atom. The molecule has 170 valence electrons. The molecule has 0 amide bonds. The number of hydrogen-bond acceptors (Lipinski definition) is 5. The molecular formula is C26H21ClFN5O. The van der Waals surface area contributed by atoms with Gasteiger partial charge >= 0.3 is 0 Å². The first-order valence-electron chi connectivity index (χ1n) is 11.0. The van der Waals surface area contributed by atoms with E-state index < -0.39 is 5.82 Å². The molecule has 0 bridgehead atoms. The van der Waals surface area contributed by atoms with Crippen LogP contribution in [0.3, 0.4) is 0 Å². The Hall–Kier alpha value is -3.73. The lowest BCUT2D eigenvalue weighted by Gasteiger charge is -2.36. The van der Waals surface area contributed by atoms with E-state index in [9.17, 15) is 5.26 Å². The number of benzene rings is 2. The lowest BCUT2D eigenvalue weighted by molar-refractivity contribution is 0.303. The third kappa shape index (κ3) is 3.92. The highest BCUT2D eigenvalue weighted by molar-refractivity contribution is 6.31. The van der Waals surface area contributed by atoms with E-state index in [1.807, 2.05) is 41.3 Å². The summed E-state index contributed by atoms with van der Waals surface area (Å²) in [6.45, 7) is 0.653. The third-order valence-corrected chi connectivity index (χ3v) is 6.34. The Bertz CT molecular complexity index is 1420. The van der Waals surface area contributed by atoms with Crippen molar-refractivity contribution in [3.63, 3.8) is 0 Å². The fourth-order valence-electron chi connectivity index (χ4n) is 4.51. The van der Waals surface area contributed by atoms with Crippen molar-refractivity contribution in [1.29, 1.82) is 5.26 Å². The molecule has 8 heteroatoms. The van der Waals surface area contributed by atoms with Crippen LogP contribution in [-0.2, 0) is 6.42 Å². The Labute approximate surface area is 201 Å². The van der Waals surface area contributed by atoms with Crippen molar-refractivity contribution in [1.82, 2.24) is 15.0 Å². The molecule has 4 aromatic rings. The highest BCUT2D eigenvalue weighted by atomic mass is 35.5. The van der Waals surface area contributed by atoms with Crippen LogP contribution < -0.4 is 4.90 Å². The van der Waals surface area contributed by atoms with Gasteiger partial charge in [-0.15, -0.1) is 0 Å². The Morgan fingerprint density at radius 3 is 2.82 bits per heavy atom. The molecule has 34 heavy (non-hydrogen) atoms. The van der Waals surface area contributed by atoms with Crippen LogP contribution in [0, 0.1) is 17.1 Å². The number of nitriles is 1. The normalized spacial score (nSPS) is 15.6. The van der Waals surface area contributed by atoms with Gasteiger partial charge < -0.3 is 15.0 Å². The number of aromatic amines is 1. The summed E-state index contributed by atoms with van der Waals surface area (Å²) in [4.78, 5) is 14.3. The van der Waals surface area contributed by atoms with E-state index in [2.05, 4.69) is 21.0 Å². The smallest absolute Gasteiger partial charge is 0.227 e. The summed E-state index contributed by atoms with van der Waals surface area (Å²) in [6, 6.07) is 14.7. The third-order valence-electron chi connectivity index (χ3n) is 6.05. The second-order valence-corrected chi connectivity index (χ2v) is 8.49. The summed E-state index contributed by atoms with van der Waals surface area (Å²) in [5.74, 6) is 0.0229. The first-order valence-corrected chi connectivity index (χ1v) is 11.3. The number of aromatic nitrogens is 3. The maximum Gasteiger partial charge on any atom is 0.227 e. The van der Waals surface area contributed by atoms with Gasteiger partial charge in [0.1, 0.15) is 11.8 Å². The van der Waals surface area contributed by atoms with Crippen LogP contribution in [0.4, 0.5) is 10.3 Å². The van der Waals surface area contributed by atoms with Gasteiger partial charge in [0.05, 0.1) is 11.1 Å². The van der Waals surface area contributed by atoms with Crippen LogP contribution in [0.2, 0.25) is 5.02 Å². The van der Waals surface area contributed by atoms with Crippen molar-refractivity contribution in [3.05, 3.63) is 93.7 Å². The molecule has 2 aromatic carbocycles. The molecule has 0 aliphatic carbocycles. The van der Waals surface area contributed by atoms with E-state index in [1.54, 1.807) is 24.4 Å². The number of H-pyrrole nitrogens is 1. The first kappa shape index (κ1) is 22.1. The van der Waals surface area contributed by atoms with Crippen molar-refractivity contribution >= 4 is 34.5 Å². The first-order chi connectivity index (χ1) is 16.6. The largest absolute Gasteiger partial charge is 0.396 e. The molecule has 5 rings (SSSR count). The molecule has 1 aliphatic rings. The van der Waals surface area contributed by atoms with Crippen LogP contribution in [0.15, 0.2) is 54.7 Å². The van der Waals surface area contributed by atoms with E-state index in [1.165, 1.54) is 0 Å². The van der Waals surface area contributed by atoms with Crippen LogP contribution in [0.5, 0.6) is 0 Å². The Morgan fingerprint density at radius 2 is 2.06 bits per heavy atom. The topological polar surface area (TPSA) is 88.8 Å². The van der Waals surface area contributed by atoms with Crippen LogP contribution in [0.25, 0.3) is 17.0 Å². The van der Waals surface area contributed by atoms with Crippen LogP contribution in [-0.4, -0.2) is 33.2 Å². The summed E-state index contributed by atoms with van der Waals surface area (Å²) in [6.07, 6.45) is 6.63. The standard InChI is InChI=1S/C26H21ClFN5O/c27-20-8-9-21-22(23(20)28)19-11-13-33(26-30-12-10-18(15-29)31-26)25(24(19)32-21)17-6-4-16(5-7-17)3-1-2-14-34/h1,3-10,12,25,32,34H,2,11,13-14H2/b3-1+. The minimum absolute atomic E-state index is 0.0948. The number of fused-ring (bicyclic) bond motifs is 3. The number of anilines is 1. The molecule has 1 aliphatic heterocycles. The molecule has 0 saturated heterocycles. The average molecular weight is 474 g/mol. The van der Waals surface area contributed by atoms with Gasteiger partial charge in [0.25, 0.3) is 0 Å². The molecule has 1 unspecified atom stereocenters. The monoisotopic (exact) mass is 473 g/mol. The van der Waals surface area contributed by atoms with Crippen molar-refractivity contribution < 1.29 is 9.50 Å². The Balaban J connectivity index is 1.65. The molecule has 0 radical (unpaired) electrons. The lowest BCUT2D eigenvalue weighted by atomic mass is 9.92. The number of hydrogen-bond donors (Lipinski definition) is 2. The SMILES string of the molecule is N#Cc1ccnc(N2CCc3c([nH]c4ccc(Cl)c(F)c34)C2c2ccc(/C=C/CCO)cc2)n1. The quantitative estimate of drug-likeness (QED) is 0.417. The fourth-order valence-corrected chi connectivity index (χ4v) is 4.67. The zero-order valence-corrected chi connectivity index (χ0v) is 18.9. The second-order valence-electron chi connectivity index (χ2n) is 8.08. The summed E-state index contributed by atoms with van der Waals surface area (Å²) in [5.41, 5.74) is 4.71. The van der Waals surface area contributed by atoms with Crippen molar-refractivity contribution in [2.24, 2.45) is 0 Å². The molecule has 0 fully saturated rings. The number of aliphatic hydroxyl groups is 1. The van der Waals surface area contributed by atoms with E-state index in [0.29, 0.717) is 36.2 Å². The number of nitrogens with one attached hydrogen (secondary N) is 1. The van der Waals surface area contributed by atoms with E-state index in [0.717, 1.165) is 22.4 Å². The average Bonchev–Trinajstić information content (AvgIpc) is 3.26. The maximum absolute atomic E-state index is 15.0. The second kappa shape index (κ2) is 9.26. The van der Waals surface area contributed by atoms with Gasteiger partial charge in [-0.3, -0.25) is 0 Å². The zero-order chi connectivity index (χ0) is 23.7. The molecule has 2 aromatic heterocycles. The number of nitrogens with zero attached hydrogens (tertiary/aromatic N) is 4. The maximum atomic E-state index is 15.0. The van der Waals surface area contributed by atoms with Crippen molar-refractivity contribution in [3.8, 4) is 6.07 Å². The predicted octanol–water partition coefficient (Wildman–Crippen LogP) is 5.17. The zero-order valence-electron chi connectivity index (χ0n) is 18.2. The van der Waals surface area contributed by atoms with Gasteiger partial charge in [-0.1, -0.05) is 48.0 Å². The molecule has 2 N–H and O–H groups in total. The lowest BCUT2D eigenvalue weighted by Crippen LogP contribution is -2.37. The molecule has 0 saturated carbocycles. The molecule has 6 nitrogen and oxygen atoms in total. The van der Waals surface area contributed by atoms with Gasteiger partial charge in [-0.25, -0.2) is 14.4 Å². The van der Waals surface area contributed by atoms with Gasteiger partial charge in [-0.2, -0.15) is 5.26 Å². The highest BCUT2D eigenvalue weighted by Crippen LogP contribution is 2.41. The highest BCUT2D eigenvalue weighted by Gasteiger charge is 2.34. The van der Waals surface area contributed by atoms with Crippen molar-refractivity contribution in [2.45, 2.75) is 18.9 Å². The molecule has 1 atom stereocenters. The van der Waals surface area contributed by atoms with E-state index in [-0.39, 0.29) is 23.4 Å². The predicted molar refractivity (Wildman–Crippen MR) is 130 cm³/mol. The minimum Gasteiger partial charge on any atom is -0.396 e. The Kier molecular flexibility index (Phi) is 6.01. The number of rotatable bonds is 5. The van der Waals surface area contributed by atoms with Gasteiger partial charge in [0.2, 0.25) is 5.95 Å². The minimum atomic E-state index is -0.420. The molecule has 3 heterocycles. The summed E-state index contributed by atoms with van der Waals surface area (Å²) < 4.78 is 15.0. The van der Waals surface area contributed by atoms with Gasteiger partial charge in [0.15, 0.2) is 5.82 Å². The van der Waals surface area contributed by atoms with Gasteiger partial charge in [0, 0.05) is 35.9 Å². The van der Waals surface area contributed by atoms with Gasteiger partial charge in [-0.05, 0) is 47.7 Å². The fraction of sp³-hybridized carbons (Fsp3) is 0.192. The number of halogens is 2. The van der Waals surface area contributed by atoms with Crippen molar-refractivity contribution in [2.75, 3.05) is 18.1 Å². The number of aliphatic hydroxyl groups excluding tert-OH is 1.